The highest BCUT2D eigenvalue weighted by atomic mass is 16.5. The molecule has 0 unspecified atom stereocenters. The summed E-state index contributed by atoms with van der Waals surface area (Å²) in [4.78, 5) is 18.7. The minimum Gasteiger partial charge on any atom is -0.496 e. The van der Waals surface area contributed by atoms with Crippen molar-refractivity contribution in [2.45, 2.75) is 59.5 Å². The smallest absolute Gasteiger partial charge is 0.282 e. The molecule has 214 valence electrons. The van der Waals surface area contributed by atoms with E-state index in [9.17, 15) is 4.79 Å². The topological polar surface area (TPSA) is 74.9 Å². The lowest BCUT2D eigenvalue weighted by Crippen LogP contribution is -2.21. The van der Waals surface area contributed by atoms with Crippen molar-refractivity contribution in [1.29, 1.82) is 0 Å². The molecule has 0 aliphatic rings. The summed E-state index contributed by atoms with van der Waals surface area (Å²) in [5.74, 6) is 2.77. The summed E-state index contributed by atoms with van der Waals surface area (Å²) in [6, 6.07) is 15.2. The Kier molecular flexibility index (Phi) is 9.28. The number of para-hydroxylation sites is 1. The maximum absolute atomic E-state index is 13.8. The second-order valence-corrected chi connectivity index (χ2v) is 10.4. The van der Waals surface area contributed by atoms with Gasteiger partial charge in [-0.25, -0.2) is 4.98 Å². The van der Waals surface area contributed by atoms with Crippen LogP contribution in [0.5, 0.6) is 17.2 Å². The van der Waals surface area contributed by atoms with Gasteiger partial charge in [0.25, 0.3) is 5.56 Å². The molecule has 0 N–H and O–H groups in total. The first kappa shape index (κ1) is 29.6. The zero-order valence-electron chi connectivity index (χ0n) is 25.0. The van der Waals surface area contributed by atoms with Crippen LogP contribution in [0.25, 0.3) is 22.3 Å². The van der Waals surface area contributed by atoms with Gasteiger partial charge >= 0.3 is 0 Å². The standard InChI is InChI=1S/C34H39N3O4/c1-9-13-25-17-24(18-31(40-8)32(25)41-23(6)10-2)20-35-37-33(36-29-15-12-11-14-26(29)34(37)38)28-19-27(21(3)4)30(39-7)16-22(28)5/h9,11-12,14-21,23H,1,10,13H2,2-8H3/t23-/m0/s1. The van der Waals surface area contributed by atoms with E-state index in [1.807, 2.05) is 62.4 Å². The molecule has 4 aromatic rings. The Morgan fingerprint density at radius 2 is 1.78 bits per heavy atom. The number of rotatable bonds is 11. The SMILES string of the molecule is C=CCc1cc(C=Nn2c(-c3cc(C(C)C)c(OC)cc3C)nc3ccccc3c2=O)cc(OC)c1O[C@@H](C)CC. The molecule has 0 saturated carbocycles. The van der Waals surface area contributed by atoms with Crippen molar-refractivity contribution in [2.24, 2.45) is 5.10 Å². The lowest BCUT2D eigenvalue weighted by Gasteiger charge is -2.19. The number of hydrogen-bond donors (Lipinski definition) is 0. The van der Waals surface area contributed by atoms with Crippen molar-refractivity contribution < 1.29 is 14.2 Å². The molecular weight excluding hydrogens is 514 g/mol. The summed E-state index contributed by atoms with van der Waals surface area (Å²) in [5.41, 5.74) is 4.82. The highest BCUT2D eigenvalue weighted by Crippen LogP contribution is 2.35. The van der Waals surface area contributed by atoms with Crippen LogP contribution in [-0.2, 0) is 6.42 Å². The fraction of sp³-hybridized carbons (Fsp3) is 0.324. The van der Waals surface area contributed by atoms with Crippen LogP contribution in [0.4, 0.5) is 0 Å². The molecule has 3 aromatic carbocycles. The molecule has 0 amide bonds. The number of benzene rings is 3. The molecule has 0 bridgehead atoms. The molecule has 1 atom stereocenters. The maximum Gasteiger partial charge on any atom is 0.282 e. The van der Waals surface area contributed by atoms with Gasteiger partial charge in [0.1, 0.15) is 5.75 Å². The highest BCUT2D eigenvalue weighted by Gasteiger charge is 2.19. The molecule has 1 aromatic heterocycles. The first-order chi connectivity index (χ1) is 19.7. The van der Waals surface area contributed by atoms with Crippen molar-refractivity contribution in [1.82, 2.24) is 9.66 Å². The van der Waals surface area contributed by atoms with E-state index < -0.39 is 0 Å². The molecule has 7 heteroatoms. The zero-order valence-corrected chi connectivity index (χ0v) is 25.0. The summed E-state index contributed by atoms with van der Waals surface area (Å²) in [6.07, 6.45) is 4.97. The number of nitrogens with zero attached hydrogens (tertiary/aromatic N) is 3. The van der Waals surface area contributed by atoms with Gasteiger partial charge in [0, 0.05) is 11.1 Å². The summed E-state index contributed by atoms with van der Waals surface area (Å²) < 4.78 is 18.9. The fourth-order valence-electron chi connectivity index (χ4n) is 4.73. The maximum atomic E-state index is 13.8. The number of fused-ring (bicyclic) bond motifs is 1. The van der Waals surface area contributed by atoms with E-state index in [0.717, 1.165) is 40.0 Å². The molecule has 0 aliphatic heterocycles. The second kappa shape index (κ2) is 12.9. The third kappa shape index (κ3) is 6.19. The Morgan fingerprint density at radius 3 is 2.44 bits per heavy atom. The van der Waals surface area contributed by atoms with Crippen LogP contribution in [0.3, 0.4) is 0 Å². The number of aryl methyl sites for hydroxylation is 1. The second-order valence-electron chi connectivity index (χ2n) is 10.4. The first-order valence-corrected chi connectivity index (χ1v) is 14.0. The Hall–Kier alpha value is -4.39. The van der Waals surface area contributed by atoms with Gasteiger partial charge in [0.2, 0.25) is 0 Å². The Labute approximate surface area is 242 Å². The first-order valence-electron chi connectivity index (χ1n) is 14.0. The highest BCUT2D eigenvalue weighted by molar-refractivity contribution is 5.83. The lowest BCUT2D eigenvalue weighted by atomic mass is 9.96. The number of allylic oxidation sites excluding steroid dienone is 1. The normalized spacial score (nSPS) is 12.2. The summed E-state index contributed by atoms with van der Waals surface area (Å²) in [5, 5.41) is 5.20. The van der Waals surface area contributed by atoms with Crippen LogP contribution in [-0.4, -0.2) is 36.2 Å². The van der Waals surface area contributed by atoms with Gasteiger partial charge in [0.05, 0.1) is 37.4 Å². The van der Waals surface area contributed by atoms with E-state index in [4.69, 9.17) is 24.3 Å². The summed E-state index contributed by atoms with van der Waals surface area (Å²) >= 11 is 0. The van der Waals surface area contributed by atoms with Gasteiger partial charge in [-0.15, -0.1) is 6.58 Å². The number of aromatic nitrogens is 2. The fourth-order valence-corrected chi connectivity index (χ4v) is 4.73. The van der Waals surface area contributed by atoms with Crippen LogP contribution in [0.1, 0.15) is 62.3 Å². The van der Waals surface area contributed by atoms with Gasteiger partial charge in [-0.1, -0.05) is 39.0 Å². The van der Waals surface area contributed by atoms with Crippen LogP contribution >= 0.6 is 0 Å². The van der Waals surface area contributed by atoms with Crippen molar-refractivity contribution in [2.75, 3.05) is 14.2 Å². The Balaban J connectivity index is 1.93. The quantitative estimate of drug-likeness (QED) is 0.144. The van der Waals surface area contributed by atoms with E-state index in [1.165, 1.54) is 4.68 Å². The third-order valence-electron chi connectivity index (χ3n) is 7.15. The lowest BCUT2D eigenvalue weighted by molar-refractivity contribution is 0.206. The predicted molar refractivity (Wildman–Crippen MR) is 167 cm³/mol. The minimum absolute atomic E-state index is 0.0280. The molecule has 0 aliphatic carbocycles. The van der Waals surface area contributed by atoms with Gasteiger partial charge in [0.15, 0.2) is 17.3 Å². The molecular formula is C34H39N3O4. The average Bonchev–Trinajstić information content (AvgIpc) is 2.97. The van der Waals surface area contributed by atoms with E-state index in [0.29, 0.717) is 34.6 Å². The van der Waals surface area contributed by atoms with Gasteiger partial charge < -0.3 is 14.2 Å². The van der Waals surface area contributed by atoms with Crippen LogP contribution in [0.15, 0.2) is 71.1 Å². The van der Waals surface area contributed by atoms with Gasteiger partial charge in [-0.2, -0.15) is 9.78 Å². The van der Waals surface area contributed by atoms with Crippen molar-refractivity contribution in [3.63, 3.8) is 0 Å². The molecule has 0 fully saturated rings. The van der Waals surface area contributed by atoms with Crippen LogP contribution in [0.2, 0.25) is 0 Å². The molecule has 7 nitrogen and oxygen atoms in total. The average molecular weight is 554 g/mol. The van der Waals surface area contributed by atoms with Crippen molar-refractivity contribution in [3.8, 4) is 28.6 Å². The van der Waals surface area contributed by atoms with E-state index in [1.54, 1.807) is 26.5 Å². The van der Waals surface area contributed by atoms with Gasteiger partial charge in [-0.05, 0) is 85.7 Å². The summed E-state index contributed by atoms with van der Waals surface area (Å²) in [7, 11) is 3.29. The zero-order chi connectivity index (χ0) is 29.7. The van der Waals surface area contributed by atoms with Gasteiger partial charge in [-0.3, -0.25) is 4.79 Å². The van der Waals surface area contributed by atoms with Crippen LogP contribution in [0, 0.1) is 6.92 Å². The van der Waals surface area contributed by atoms with Crippen molar-refractivity contribution >= 4 is 17.1 Å². The molecule has 4 rings (SSSR count). The number of methoxy groups -OCH3 is 2. The van der Waals surface area contributed by atoms with Crippen molar-refractivity contribution in [3.05, 3.63) is 93.8 Å². The van der Waals surface area contributed by atoms with E-state index in [2.05, 4.69) is 27.4 Å². The third-order valence-corrected chi connectivity index (χ3v) is 7.15. The Morgan fingerprint density at radius 1 is 1.05 bits per heavy atom. The summed E-state index contributed by atoms with van der Waals surface area (Å²) in [6.45, 7) is 14.2. The molecule has 1 heterocycles. The number of hydrogen-bond acceptors (Lipinski definition) is 6. The predicted octanol–water partition coefficient (Wildman–Crippen LogP) is 7.30. The molecule has 0 saturated heterocycles. The van der Waals surface area contributed by atoms with E-state index >= 15 is 0 Å². The number of ether oxygens (including phenoxy) is 3. The minimum atomic E-state index is -0.252. The van der Waals surface area contributed by atoms with E-state index in [-0.39, 0.29) is 17.6 Å². The van der Waals surface area contributed by atoms with Crippen LogP contribution < -0.4 is 19.8 Å². The molecule has 0 spiro atoms. The Bertz CT molecular complexity index is 1650. The monoisotopic (exact) mass is 553 g/mol. The molecule has 41 heavy (non-hydrogen) atoms. The largest absolute Gasteiger partial charge is 0.496 e. The molecule has 0 radical (unpaired) electrons.